The van der Waals surface area contributed by atoms with Gasteiger partial charge in [0.05, 0.1) is 16.5 Å². The maximum Gasteiger partial charge on any atom is 0.226 e. The summed E-state index contributed by atoms with van der Waals surface area (Å²) in [4.78, 5) is 15.4. The van der Waals surface area contributed by atoms with Gasteiger partial charge in [-0.2, -0.15) is 5.10 Å². The molecular formula is C20H25ClN4OS. The van der Waals surface area contributed by atoms with Gasteiger partial charge < -0.3 is 10.6 Å². The molecule has 0 saturated heterocycles. The maximum absolute atomic E-state index is 12.6. The number of aromatic nitrogens is 2. The molecule has 1 amide bonds. The van der Waals surface area contributed by atoms with Gasteiger partial charge in [-0.05, 0) is 30.5 Å². The lowest BCUT2D eigenvalue weighted by Crippen LogP contribution is -2.39. The van der Waals surface area contributed by atoms with Crippen LogP contribution in [-0.2, 0) is 11.3 Å². The van der Waals surface area contributed by atoms with Crippen molar-refractivity contribution in [2.45, 2.75) is 26.4 Å². The van der Waals surface area contributed by atoms with Crippen molar-refractivity contribution in [1.82, 2.24) is 14.7 Å². The van der Waals surface area contributed by atoms with Gasteiger partial charge in [0.15, 0.2) is 0 Å². The van der Waals surface area contributed by atoms with Gasteiger partial charge in [0, 0.05) is 31.4 Å². The molecule has 0 bridgehead atoms. The molecule has 2 heterocycles. The van der Waals surface area contributed by atoms with Gasteiger partial charge in [-0.25, -0.2) is 4.68 Å². The van der Waals surface area contributed by atoms with Crippen molar-refractivity contribution < 1.29 is 4.79 Å². The minimum Gasteiger partial charge on any atom is -0.341 e. The zero-order valence-electron chi connectivity index (χ0n) is 15.7. The van der Waals surface area contributed by atoms with E-state index in [9.17, 15) is 4.79 Å². The average Bonchev–Trinajstić information content (AvgIpc) is 3.30. The third-order valence-corrected chi connectivity index (χ3v) is 5.40. The molecule has 0 aliphatic carbocycles. The Hall–Kier alpha value is -2.15. The number of carbonyl (C=O) groups is 1. The van der Waals surface area contributed by atoms with E-state index in [1.54, 1.807) is 16.2 Å². The van der Waals surface area contributed by atoms with Crippen molar-refractivity contribution in [3.05, 3.63) is 59.6 Å². The Morgan fingerprint density at radius 3 is 2.52 bits per heavy atom. The van der Waals surface area contributed by atoms with Crippen molar-refractivity contribution in [2.75, 3.05) is 7.05 Å². The summed E-state index contributed by atoms with van der Waals surface area (Å²) in [5.74, 6) is -0.168. The number of benzene rings is 1. The predicted molar refractivity (Wildman–Crippen MR) is 113 cm³/mol. The number of amides is 1. The first-order valence-electron chi connectivity index (χ1n) is 8.65. The molecule has 3 aromatic rings. The molecule has 1 aromatic carbocycles. The number of carbonyl (C=O) groups excluding carboxylic acids is 1. The minimum atomic E-state index is -0.214. The normalized spacial score (nSPS) is 12.9. The predicted octanol–water partition coefficient (Wildman–Crippen LogP) is 3.96. The van der Waals surface area contributed by atoms with Gasteiger partial charge >= 0.3 is 0 Å². The van der Waals surface area contributed by atoms with Crippen molar-refractivity contribution >= 4 is 29.7 Å². The minimum absolute atomic E-state index is 0. The van der Waals surface area contributed by atoms with Crippen LogP contribution in [0.5, 0.6) is 0 Å². The summed E-state index contributed by atoms with van der Waals surface area (Å²) in [7, 11) is 1.82. The first kappa shape index (κ1) is 21.2. The molecule has 5 nitrogen and oxygen atoms in total. The van der Waals surface area contributed by atoms with Gasteiger partial charge in [0.25, 0.3) is 0 Å². The van der Waals surface area contributed by atoms with Crippen LogP contribution < -0.4 is 5.73 Å². The number of hydrogen-bond acceptors (Lipinski definition) is 4. The van der Waals surface area contributed by atoms with Crippen molar-refractivity contribution in [2.24, 2.45) is 11.7 Å². The second-order valence-electron chi connectivity index (χ2n) is 6.60. The second kappa shape index (κ2) is 9.17. The van der Waals surface area contributed by atoms with Gasteiger partial charge in [0.2, 0.25) is 5.91 Å². The van der Waals surface area contributed by atoms with Crippen molar-refractivity contribution in [1.29, 1.82) is 0 Å². The van der Waals surface area contributed by atoms with E-state index in [0.29, 0.717) is 6.54 Å². The Morgan fingerprint density at radius 2 is 1.93 bits per heavy atom. The highest BCUT2D eigenvalue weighted by molar-refractivity contribution is 7.13. The summed E-state index contributed by atoms with van der Waals surface area (Å²) in [5, 5.41) is 6.82. The first-order chi connectivity index (χ1) is 12.5. The SMILES string of the molecule is CC(N)C(C)C(=O)N(C)Cc1cn(-c2ccccc2)nc1-c1cccs1.Cl. The van der Waals surface area contributed by atoms with Crippen LogP contribution in [-0.4, -0.2) is 33.7 Å². The Balaban J connectivity index is 0.00000261. The van der Waals surface area contributed by atoms with Crippen LogP contribution in [0.15, 0.2) is 54.0 Å². The number of halogens is 1. The van der Waals surface area contributed by atoms with E-state index >= 15 is 0 Å². The highest BCUT2D eigenvalue weighted by atomic mass is 35.5. The molecule has 144 valence electrons. The van der Waals surface area contributed by atoms with Crippen LogP contribution in [0.4, 0.5) is 0 Å². The molecular weight excluding hydrogens is 380 g/mol. The number of nitrogens with two attached hydrogens (primary N) is 1. The first-order valence-corrected chi connectivity index (χ1v) is 9.53. The van der Waals surface area contributed by atoms with Crippen LogP contribution in [0.1, 0.15) is 19.4 Å². The molecule has 2 atom stereocenters. The summed E-state index contributed by atoms with van der Waals surface area (Å²) >= 11 is 1.65. The van der Waals surface area contributed by atoms with Crippen LogP contribution in [0.2, 0.25) is 0 Å². The van der Waals surface area contributed by atoms with Gasteiger partial charge in [-0.15, -0.1) is 23.7 Å². The molecule has 2 unspecified atom stereocenters. The third-order valence-electron chi connectivity index (χ3n) is 4.53. The zero-order chi connectivity index (χ0) is 18.7. The lowest BCUT2D eigenvalue weighted by molar-refractivity contribution is -0.134. The number of para-hydroxylation sites is 1. The van der Waals surface area contributed by atoms with E-state index < -0.39 is 0 Å². The summed E-state index contributed by atoms with van der Waals surface area (Å²) < 4.78 is 1.87. The van der Waals surface area contributed by atoms with E-state index in [0.717, 1.165) is 21.8 Å². The fourth-order valence-electron chi connectivity index (χ4n) is 2.77. The molecule has 3 rings (SSSR count). The number of thiophene rings is 1. The van der Waals surface area contributed by atoms with E-state index in [1.807, 2.05) is 73.6 Å². The maximum atomic E-state index is 12.6. The highest BCUT2D eigenvalue weighted by Crippen LogP contribution is 2.28. The molecule has 0 aliphatic rings. The number of rotatable bonds is 6. The number of hydrogen-bond donors (Lipinski definition) is 1. The zero-order valence-corrected chi connectivity index (χ0v) is 17.3. The van der Waals surface area contributed by atoms with E-state index in [1.165, 1.54) is 0 Å². The number of nitrogens with zero attached hydrogens (tertiary/aromatic N) is 3. The van der Waals surface area contributed by atoms with Crippen LogP contribution in [0.3, 0.4) is 0 Å². The van der Waals surface area contributed by atoms with E-state index in [4.69, 9.17) is 10.8 Å². The van der Waals surface area contributed by atoms with Gasteiger partial charge in [-0.3, -0.25) is 4.79 Å². The van der Waals surface area contributed by atoms with Gasteiger partial charge in [-0.1, -0.05) is 31.2 Å². The Labute approximate surface area is 170 Å². The van der Waals surface area contributed by atoms with E-state index in [2.05, 4.69) is 6.07 Å². The molecule has 0 radical (unpaired) electrons. The Morgan fingerprint density at radius 1 is 1.22 bits per heavy atom. The van der Waals surface area contributed by atoms with Crippen LogP contribution in [0.25, 0.3) is 16.3 Å². The van der Waals surface area contributed by atoms with Crippen molar-refractivity contribution in [3.8, 4) is 16.3 Å². The average molecular weight is 405 g/mol. The van der Waals surface area contributed by atoms with Gasteiger partial charge in [0.1, 0.15) is 5.69 Å². The molecule has 0 aliphatic heterocycles. The molecule has 2 N–H and O–H groups in total. The fraction of sp³-hybridized carbons (Fsp3) is 0.300. The topological polar surface area (TPSA) is 64.2 Å². The molecule has 7 heteroatoms. The lowest BCUT2D eigenvalue weighted by Gasteiger charge is -2.23. The van der Waals surface area contributed by atoms with E-state index in [-0.39, 0.29) is 30.3 Å². The highest BCUT2D eigenvalue weighted by Gasteiger charge is 2.23. The summed E-state index contributed by atoms with van der Waals surface area (Å²) in [6, 6.07) is 13.9. The third kappa shape index (κ3) is 4.77. The largest absolute Gasteiger partial charge is 0.341 e. The lowest BCUT2D eigenvalue weighted by atomic mass is 10.0. The van der Waals surface area contributed by atoms with Crippen LogP contribution in [0, 0.1) is 5.92 Å². The molecule has 0 fully saturated rings. The monoisotopic (exact) mass is 404 g/mol. The summed E-state index contributed by atoms with van der Waals surface area (Å²) in [5.41, 5.74) is 8.82. The molecule has 0 saturated carbocycles. The Kier molecular flexibility index (Phi) is 7.18. The second-order valence-corrected chi connectivity index (χ2v) is 7.55. The van der Waals surface area contributed by atoms with Crippen molar-refractivity contribution in [3.63, 3.8) is 0 Å². The van der Waals surface area contributed by atoms with Crippen LogP contribution >= 0.6 is 23.7 Å². The molecule has 0 spiro atoms. The standard InChI is InChI=1S/C20H24N4OS.ClH/c1-14(15(2)21)20(25)23(3)12-16-13-24(17-8-5-4-6-9-17)22-19(16)18-10-7-11-26-18;/h4-11,13-15H,12,21H2,1-3H3;1H. The summed E-state index contributed by atoms with van der Waals surface area (Å²) in [6.45, 7) is 4.23. The summed E-state index contributed by atoms with van der Waals surface area (Å²) in [6.07, 6.45) is 2.00. The fourth-order valence-corrected chi connectivity index (χ4v) is 3.51. The molecule has 27 heavy (non-hydrogen) atoms. The molecule has 2 aromatic heterocycles. The smallest absolute Gasteiger partial charge is 0.226 e. The quantitative estimate of drug-likeness (QED) is 0.676. The Bertz CT molecular complexity index is 862.